The van der Waals surface area contributed by atoms with E-state index >= 15 is 0 Å². The summed E-state index contributed by atoms with van der Waals surface area (Å²) in [4.78, 5) is 17.9. The zero-order valence-electron chi connectivity index (χ0n) is 16.9. The molecular formula is C23H32ClN3O. The Balaban J connectivity index is 1.18. The van der Waals surface area contributed by atoms with E-state index < -0.39 is 0 Å². The maximum Gasteiger partial charge on any atom is 0.237 e. The Morgan fingerprint density at radius 1 is 1.07 bits per heavy atom. The minimum absolute atomic E-state index is 0.0467. The lowest BCUT2D eigenvalue weighted by Crippen LogP contribution is -2.63. The molecule has 28 heavy (non-hydrogen) atoms. The molecule has 0 aromatic heterocycles. The Morgan fingerprint density at radius 3 is 2.25 bits per heavy atom. The summed E-state index contributed by atoms with van der Waals surface area (Å²) < 4.78 is 0. The second-order valence-corrected chi connectivity index (χ2v) is 10.3. The Bertz CT molecular complexity index is 708. The quantitative estimate of drug-likeness (QED) is 0.830. The monoisotopic (exact) mass is 401 g/mol. The van der Waals surface area contributed by atoms with Crippen LogP contribution < -0.4 is 10.2 Å². The van der Waals surface area contributed by atoms with E-state index in [1.807, 2.05) is 18.2 Å². The summed E-state index contributed by atoms with van der Waals surface area (Å²) in [7, 11) is 0. The van der Waals surface area contributed by atoms with Crippen LogP contribution in [0.2, 0.25) is 5.02 Å². The first-order chi connectivity index (χ1) is 13.5. The first-order valence-corrected chi connectivity index (χ1v) is 11.4. The van der Waals surface area contributed by atoms with Crippen LogP contribution in [0.4, 0.5) is 5.69 Å². The normalized spacial score (nSPS) is 35.8. The van der Waals surface area contributed by atoms with Gasteiger partial charge in [-0.05, 0) is 81.4 Å². The first-order valence-electron chi connectivity index (χ1n) is 11.1. The Morgan fingerprint density at radius 2 is 1.68 bits per heavy atom. The fraction of sp³-hybridized carbons (Fsp3) is 0.696. The second kappa shape index (κ2) is 7.21. The second-order valence-electron chi connectivity index (χ2n) is 9.87. The van der Waals surface area contributed by atoms with Gasteiger partial charge in [-0.15, -0.1) is 0 Å². The molecular weight excluding hydrogens is 370 g/mol. The van der Waals surface area contributed by atoms with Crippen molar-refractivity contribution in [3.05, 3.63) is 29.3 Å². The molecule has 4 nitrogen and oxygen atoms in total. The number of hydrogen-bond donors (Lipinski definition) is 1. The van der Waals surface area contributed by atoms with Crippen molar-refractivity contribution in [3.63, 3.8) is 0 Å². The summed E-state index contributed by atoms with van der Waals surface area (Å²) in [6.07, 6.45) is 7.91. The molecule has 0 unspecified atom stereocenters. The predicted octanol–water partition coefficient (Wildman–Crippen LogP) is 3.94. The highest BCUT2D eigenvalue weighted by molar-refractivity contribution is 6.30. The van der Waals surface area contributed by atoms with Gasteiger partial charge in [0.2, 0.25) is 5.91 Å². The Labute approximate surface area is 173 Å². The van der Waals surface area contributed by atoms with E-state index in [9.17, 15) is 4.79 Å². The third-order valence-electron chi connectivity index (χ3n) is 7.84. The maximum absolute atomic E-state index is 13.1. The van der Waals surface area contributed by atoms with Crippen molar-refractivity contribution in [1.29, 1.82) is 0 Å². The van der Waals surface area contributed by atoms with Crippen LogP contribution in [0, 0.1) is 17.8 Å². The largest absolute Gasteiger partial charge is 0.369 e. The molecule has 1 atom stereocenters. The van der Waals surface area contributed by atoms with Gasteiger partial charge in [-0.2, -0.15) is 0 Å². The molecule has 5 fully saturated rings. The molecule has 5 heteroatoms. The van der Waals surface area contributed by atoms with E-state index in [1.165, 1.54) is 44.2 Å². The molecule has 4 bridgehead atoms. The summed E-state index contributed by atoms with van der Waals surface area (Å²) >= 11 is 6.14. The van der Waals surface area contributed by atoms with Crippen LogP contribution in [0.25, 0.3) is 0 Å². The molecule has 152 valence electrons. The summed E-state index contributed by atoms with van der Waals surface area (Å²) in [6, 6.07) is 8.02. The molecule has 6 rings (SSSR count). The van der Waals surface area contributed by atoms with Crippen LogP contribution in [0.1, 0.15) is 45.4 Å². The topological polar surface area (TPSA) is 35.6 Å². The van der Waals surface area contributed by atoms with E-state index in [0.29, 0.717) is 0 Å². The molecule has 1 aliphatic heterocycles. The highest BCUT2D eigenvalue weighted by atomic mass is 35.5. The average molecular weight is 402 g/mol. The van der Waals surface area contributed by atoms with Crippen molar-refractivity contribution in [2.24, 2.45) is 17.8 Å². The predicted molar refractivity (Wildman–Crippen MR) is 114 cm³/mol. The smallest absolute Gasteiger partial charge is 0.237 e. The van der Waals surface area contributed by atoms with Gasteiger partial charge in [0.25, 0.3) is 0 Å². The van der Waals surface area contributed by atoms with Crippen LogP contribution in [-0.2, 0) is 4.79 Å². The number of piperazine rings is 1. The van der Waals surface area contributed by atoms with Crippen LogP contribution in [0.5, 0.6) is 0 Å². The van der Waals surface area contributed by atoms with Gasteiger partial charge in [0.05, 0.1) is 6.04 Å². The number of nitrogens with one attached hydrogen (secondary N) is 1. The van der Waals surface area contributed by atoms with E-state index in [-0.39, 0.29) is 17.5 Å². The number of nitrogens with zero attached hydrogens (tertiary/aromatic N) is 2. The van der Waals surface area contributed by atoms with E-state index in [4.69, 9.17) is 11.6 Å². The number of amides is 1. The lowest BCUT2D eigenvalue weighted by atomic mass is 9.53. The fourth-order valence-electron chi connectivity index (χ4n) is 6.84. The van der Waals surface area contributed by atoms with Crippen LogP contribution in [0.15, 0.2) is 24.3 Å². The van der Waals surface area contributed by atoms with Crippen molar-refractivity contribution in [2.75, 3.05) is 31.1 Å². The van der Waals surface area contributed by atoms with Gasteiger partial charge in [0, 0.05) is 42.4 Å². The standard InChI is InChI=1S/C23H32ClN3O/c1-16(26-5-7-27(8-6-26)21-4-2-3-20(24)12-21)22(28)25-23-13-17-9-18(14-23)11-19(10-17)15-23/h2-4,12,16-19H,5-11,13-15H2,1H3,(H,25,28)/t16-,17?,18?,19?,23?/m1/s1. The Hall–Kier alpha value is -1.26. The summed E-state index contributed by atoms with van der Waals surface area (Å²) in [6.45, 7) is 5.81. The van der Waals surface area contributed by atoms with Crippen LogP contribution >= 0.6 is 11.6 Å². The van der Waals surface area contributed by atoms with E-state index in [0.717, 1.165) is 49.0 Å². The van der Waals surface area contributed by atoms with Gasteiger partial charge < -0.3 is 10.2 Å². The highest BCUT2D eigenvalue weighted by Gasteiger charge is 2.51. The minimum Gasteiger partial charge on any atom is -0.369 e. The summed E-state index contributed by atoms with van der Waals surface area (Å²) in [5.41, 5.74) is 1.29. The Kier molecular flexibility index (Phi) is 4.83. The van der Waals surface area contributed by atoms with E-state index in [2.05, 4.69) is 28.1 Å². The average Bonchev–Trinajstić information content (AvgIpc) is 2.66. The summed E-state index contributed by atoms with van der Waals surface area (Å²) in [5, 5.41) is 4.34. The van der Waals surface area contributed by atoms with Crippen molar-refractivity contribution >= 4 is 23.2 Å². The molecule has 1 amide bonds. The molecule has 1 saturated heterocycles. The number of anilines is 1. The number of hydrogen-bond acceptors (Lipinski definition) is 3. The number of halogens is 1. The number of benzene rings is 1. The number of carbonyl (C=O) groups excluding carboxylic acids is 1. The maximum atomic E-state index is 13.1. The zero-order valence-corrected chi connectivity index (χ0v) is 17.6. The minimum atomic E-state index is -0.0467. The lowest BCUT2D eigenvalue weighted by molar-refractivity contribution is -0.131. The first kappa shape index (κ1) is 18.7. The molecule has 4 aliphatic carbocycles. The molecule has 1 heterocycles. The molecule has 1 aromatic carbocycles. The van der Waals surface area contributed by atoms with Crippen LogP contribution in [-0.4, -0.2) is 48.6 Å². The van der Waals surface area contributed by atoms with Gasteiger partial charge in [-0.1, -0.05) is 17.7 Å². The van der Waals surface area contributed by atoms with E-state index in [1.54, 1.807) is 0 Å². The molecule has 5 aliphatic rings. The van der Waals surface area contributed by atoms with Gasteiger partial charge in [0.15, 0.2) is 0 Å². The van der Waals surface area contributed by atoms with Crippen molar-refractivity contribution in [3.8, 4) is 0 Å². The van der Waals surface area contributed by atoms with Crippen LogP contribution in [0.3, 0.4) is 0 Å². The molecule has 4 saturated carbocycles. The molecule has 1 N–H and O–H groups in total. The van der Waals surface area contributed by atoms with Gasteiger partial charge >= 0.3 is 0 Å². The van der Waals surface area contributed by atoms with Crippen molar-refractivity contribution in [2.45, 2.75) is 57.0 Å². The fourth-order valence-corrected chi connectivity index (χ4v) is 7.02. The number of rotatable bonds is 4. The third-order valence-corrected chi connectivity index (χ3v) is 8.08. The molecule has 0 radical (unpaired) electrons. The van der Waals surface area contributed by atoms with Crippen molar-refractivity contribution in [1.82, 2.24) is 10.2 Å². The lowest BCUT2D eigenvalue weighted by Gasteiger charge is -2.57. The third kappa shape index (κ3) is 3.54. The molecule has 1 aromatic rings. The van der Waals surface area contributed by atoms with Crippen molar-refractivity contribution < 1.29 is 4.79 Å². The SMILES string of the molecule is C[C@H](C(=O)NC12CC3CC(CC(C3)C1)C2)N1CCN(c2cccc(Cl)c2)CC1. The summed E-state index contributed by atoms with van der Waals surface area (Å²) in [5.74, 6) is 2.84. The van der Waals surface area contributed by atoms with Gasteiger partial charge in [0.1, 0.15) is 0 Å². The zero-order chi connectivity index (χ0) is 19.3. The van der Waals surface area contributed by atoms with Gasteiger partial charge in [-0.3, -0.25) is 9.69 Å². The highest BCUT2D eigenvalue weighted by Crippen LogP contribution is 2.55. The molecule has 0 spiro atoms. The van der Waals surface area contributed by atoms with Gasteiger partial charge in [-0.25, -0.2) is 0 Å². The number of carbonyl (C=O) groups is 1.